The zero-order chi connectivity index (χ0) is 14.2. The van der Waals surface area contributed by atoms with E-state index >= 15 is 0 Å². The maximum absolute atomic E-state index is 12.8. The summed E-state index contributed by atoms with van der Waals surface area (Å²) in [7, 11) is 0. The largest absolute Gasteiger partial charge is 0.298 e. The van der Waals surface area contributed by atoms with Gasteiger partial charge in [0.25, 0.3) is 6.43 Å². The van der Waals surface area contributed by atoms with Gasteiger partial charge in [0.2, 0.25) is 0 Å². The molecule has 100 valence electrons. The van der Waals surface area contributed by atoms with Gasteiger partial charge in [0, 0.05) is 0 Å². The third kappa shape index (κ3) is 2.51. The third-order valence-corrected chi connectivity index (χ3v) is 3.03. The molecular weight excluding hydrogens is 274 g/mol. The minimum Gasteiger partial charge on any atom is -0.298 e. The van der Waals surface area contributed by atoms with Crippen LogP contribution in [0.5, 0.6) is 0 Å². The molecule has 2 rings (SSSR count). The van der Waals surface area contributed by atoms with E-state index in [1.807, 2.05) is 19.9 Å². The van der Waals surface area contributed by atoms with Crippen molar-refractivity contribution >= 4 is 17.9 Å². The Morgan fingerprint density at radius 2 is 1.84 bits per heavy atom. The van der Waals surface area contributed by atoms with Crippen molar-refractivity contribution in [2.24, 2.45) is 0 Å². The second kappa shape index (κ2) is 5.09. The van der Waals surface area contributed by atoms with Crippen molar-refractivity contribution in [1.29, 1.82) is 0 Å². The number of rotatable bonds is 3. The lowest BCUT2D eigenvalue weighted by Crippen LogP contribution is -1.99. The summed E-state index contributed by atoms with van der Waals surface area (Å²) < 4.78 is 26.7. The van der Waals surface area contributed by atoms with Crippen LogP contribution in [0.1, 0.15) is 33.6 Å². The number of carbonyl (C=O) groups excluding carboxylic acids is 1. The van der Waals surface area contributed by atoms with Gasteiger partial charge >= 0.3 is 0 Å². The fraction of sp³-hybridized carbons (Fsp3) is 0.231. The SMILES string of the molecule is Cc1cc(C)cc(-n2nc(C(F)F)c(C=O)c2Cl)c1. The molecule has 1 aromatic carbocycles. The number of hydrogen-bond acceptors (Lipinski definition) is 2. The summed E-state index contributed by atoms with van der Waals surface area (Å²) in [5, 5.41) is 3.63. The smallest absolute Gasteiger partial charge is 0.282 e. The first-order valence-electron chi connectivity index (χ1n) is 5.54. The van der Waals surface area contributed by atoms with Crippen molar-refractivity contribution in [2.75, 3.05) is 0 Å². The molecule has 0 spiro atoms. The molecule has 0 saturated carbocycles. The van der Waals surface area contributed by atoms with E-state index in [2.05, 4.69) is 5.10 Å². The number of hydrogen-bond donors (Lipinski definition) is 0. The Balaban J connectivity index is 2.65. The van der Waals surface area contributed by atoms with Gasteiger partial charge in [-0.05, 0) is 37.1 Å². The van der Waals surface area contributed by atoms with Crippen LogP contribution in [-0.2, 0) is 0 Å². The van der Waals surface area contributed by atoms with E-state index in [1.54, 1.807) is 12.1 Å². The number of carbonyl (C=O) groups is 1. The van der Waals surface area contributed by atoms with Gasteiger partial charge in [0.15, 0.2) is 6.29 Å². The predicted octanol–water partition coefficient (Wildman–Crippen LogP) is 3.89. The zero-order valence-electron chi connectivity index (χ0n) is 10.3. The molecule has 0 amide bonds. The molecule has 0 aliphatic carbocycles. The molecular formula is C13H11ClF2N2O. The molecule has 2 aromatic rings. The number of aromatic nitrogens is 2. The number of alkyl halides is 2. The Hall–Kier alpha value is -1.75. The lowest BCUT2D eigenvalue weighted by Gasteiger charge is -2.06. The van der Waals surface area contributed by atoms with E-state index in [0.29, 0.717) is 12.0 Å². The highest BCUT2D eigenvalue weighted by molar-refractivity contribution is 6.32. The van der Waals surface area contributed by atoms with E-state index in [0.717, 1.165) is 15.8 Å². The van der Waals surface area contributed by atoms with Crippen molar-refractivity contribution in [2.45, 2.75) is 20.3 Å². The highest BCUT2D eigenvalue weighted by atomic mass is 35.5. The van der Waals surface area contributed by atoms with E-state index < -0.39 is 12.1 Å². The van der Waals surface area contributed by atoms with E-state index in [1.165, 1.54) is 0 Å². The average Bonchev–Trinajstić information content (AvgIpc) is 2.65. The topological polar surface area (TPSA) is 34.9 Å². The van der Waals surface area contributed by atoms with Gasteiger partial charge in [-0.1, -0.05) is 17.7 Å². The van der Waals surface area contributed by atoms with Crippen molar-refractivity contribution in [3.63, 3.8) is 0 Å². The molecule has 6 heteroatoms. The van der Waals surface area contributed by atoms with Crippen LogP contribution in [0.15, 0.2) is 18.2 Å². The normalized spacial score (nSPS) is 11.1. The van der Waals surface area contributed by atoms with Gasteiger partial charge in [-0.25, -0.2) is 13.5 Å². The molecule has 0 fully saturated rings. The van der Waals surface area contributed by atoms with E-state index in [-0.39, 0.29) is 10.7 Å². The van der Waals surface area contributed by atoms with Crippen LogP contribution >= 0.6 is 11.6 Å². The van der Waals surface area contributed by atoms with Crippen LogP contribution in [-0.4, -0.2) is 16.1 Å². The monoisotopic (exact) mass is 284 g/mol. The summed E-state index contributed by atoms with van der Waals surface area (Å²) in [6.07, 6.45) is -2.54. The highest BCUT2D eigenvalue weighted by Gasteiger charge is 2.23. The van der Waals surface area contributed by atoms with Gasteiger partial charge in [0.1, 0.15) is 10.8 Å². The Morgan fingerprint density at radius 1 is 1.26 bits per heavy atom. The summed E-state index contributed by atoms with van der Waals surface area (Å²) >= 11 is 5.95. The molecule has 0 N–H and O–H groups in total. The minimum absolute atomic E-state index is 0.102. The molecule has 0 unspecified atom stereocenters. The molecule has 0 radical (unpaired) electrons. The summed E-state index contributed by atoms with van der Waals surface area (Å²) in [6, 6.07) is 5.46. The highest BCUT2D eigenvalue weighted by Crippen LogP contribution is 2.29. The fourth-order valence-electron chi connectivity index (χ4n) is 1.94. The van der Waals surface area contributed by atoms with Crippen molar-refractivity contribution in [3.05, 3.63) is 45.7 Å². The molecule has 0 saturated heterocycles. The third-order valence-electron chi connectivity index (χ3n) is 2.67. The van der Waals surface area contributed by atoms with Gasteiger partial charge in [-0.15, -0.1) is 0 Å². The molecule has 0 aliphatic rings. The second-order valence-electron chi connectivity index (χ2n) is 4.27. The van der Waals surface area contributed by atoms with E-state index in [9.17, 15) is 13.6 Å². The molecule has 0 bridgehead atoms. The lowest BCUT2D eigenvalue weighted by atomic mass is 10.1. The van der Waals surface area contributed by atoms with Crippen molar-refractivity contribution in [1.82, 2.24) is 9.78 Å². The first-order chi connectivity index (χ1) is 8.93. The standard InChI is InChI=1S/C13H11ClF2N2O/c1-7-3-8(2)5-9(4-7)18-12(14)10(6-19)11(17-18)13(15)16/h3-6,13H,1-2H3. The molecule has 1 heterocycles. The van der Waals surface area contributed by atoms with Crippen molar-refractivity contribution < 1.29 is 13.6 Å². The molecule has 3 nitrogen and oxygen atoms in total. The van der Waals surface area contributed by atoms with Crippen LogP contribution in [0.2, 0.25) is 5.15 Å². The number of benzene rings is 1. The molecule has 0 atom stereocenters. The number of aldehydes is 1. The van der Waals surface area contributed by atoms with Crippen molar-refractivity contribution in [3.8, 4) is 5.69 Å². The Labute approximate surface area is 113 Å². The fourth-order valence-corrected chi connectivity index (χ4v) is 2.22. The number of nitrogens with zero attached hydrogens (tertiary/aromatic N) is 2. The number of aryl methyl sites for hydroxylation is 2. The quantitative estimate of drug-likeness (QED) is 0.801. The summed E-state index contributed by atoms with van der Waals surface area (Å²) in [4.78, 5) is 10.9. The van der Waals surface area contributed by atoms with Gasteiger partial charge < -0.3 is 0 Å². The Bertz CT molecular complexity index is 618. The summed E-state index contributed by atoms with van der Waals surface area (Å²) in [6.45, 7) is 3.76. The molecule has 19 heavy (non-hydrogen) atoms. The maximum Gasteiger partial charge on any atom is 0.282 e. The van der Waals surface area contributed by atoms with Crippen LogP contribution in [0.25, 0.3) is 5.69 Å². The average molecular weight is 285 g/mol. The lowest BCUT2D eigenvalue weighted by molar-refractivity contribution is 0.110. The molecule has 1 aromatic heterocycles. The van der Waals surface area contributed by atoms with Gasteiger partial charge in [-0.3, -0.25) is 4.79 Å². The zero-order valence-corrected chi connectivity index (χ0v) is 11.1. The second-order valence-corrected chi connectivity index (χ2v) is 4.62. The van der Waals surface area contributed by atoms with Crippen LogP contribution in [0.3, 0.4) is 0 Å². The minimum atomic E-state index is -2.84. The first kappa shape index (κ1) is 13.7. The Kier molecular flexibility index (Phi) is 3.66. The van der Waals surface area contributed by atoms with E-state index in [4.69, 9.17) is 11.6 Å². The molecule has 0 aliphatic heterocycles. The van der Waals surface area contributed by atoms with Crippen LogP contribution < -0.4 is 0 Å². The Morgan fingerprint density at radius 3 is 2.26 bits per heavy atom. The summed E-state index contributed by atoms with van der Waals surface area (Å²) in [5.74, 6) is 0. The van der Waals surface area contributed by atoms with Gasteiger partial charge in [0.05, 0.1) is 11.3 Å². The summed E-state index contributed by atoms with van der Waals surface area (Å²) in [5.41, 5.74) is 1.59. The van der Waals surface area contributed by atoms with Crippen LogP contribution in [0.4, 0.5) is 8.78 Å². The van der Waals surface area contributed by atoms with Crippen LogP contribution in [0, 0.1) is 13.8 Å². The maximum atomic E-state index is 12.8. The number of halogens is 3. The van der Waals surface area contributed by atoms with Gasteiger partial charge in [-0.2, -0.15) is 5.10 Å². The first-order valence-corrected chi connectivity index (χ1v) is 5.92. The predicted molar refractivity (Wildman–Crippen MR) is 68.4 cm³/mol.